The highest BCUT2D eigenvalue weighted by atomic mass is 16.5. The van der Waals surface area contributed by atoms with Crippen molar-refractivity contribution >= 4 is 17.7 Å². The molecule has 324 valence electrons. The molecule has 5 aliphatic carbocycles. The Balaban J connectivity index is 1.28. The van der Waals surface area contributed by atoms with E-state index in [2.05, 4.69) is 63.4 Å². The van der Waals surface area contributed by atoms with Gasteiger partial charge in [0, 0.05) is 35.4 Å². The summed E-state index contributed by atoms with van der Waals surface area (Å²) in [7, 11) is 3.51. The third kappa shape index (κ3) is 6.31. The first-order valence-electron chi connectivity index (χ1n) is 22.2. The van der Waals surface area contributed by atoms with E-state index in [1.165, 1.54) is 5.57 Å². The lowest BCUT2D eigenvalue weighted by Gasteiger charge is -2.72. The van der Waals surface area contributed by atoms with E-state index in [1.54, 1.807) is 37.9 Å². The Hall–Kier alpha value is -3.73. The Bertz CT molecular complexity index is 2110. The number of fused-ring (bicyclic) bond motifs is 7. The smallest absolute Gasteiger partial charge is 0.309 e. The van der Waals surface area contributed by atoms with E-state index in [0.717, 1.165) is 62.6 Å². The van der Waals surface area contributed by atoms with Crippen molar-refractivity contribution in [1.29, 1.82) is 0 Å². The zero-order chi connectivity index (χ0) is 43.2. The molecule has 2 aromatic rings. The molecule has 4 fully saturated rings. The van der Waals surface area contributed by atoms with Gasteiger partial charge in [0.1, 0.15) is 6.10 Å². The van der Waals surface area contributed by atoms with Gasteiger partial charge in [-0.05, 0) is 136 Å². The highest BCUT2D eigenvalue weighted by molar-refractivity contribution is 6.02. The van der Waals surface area contributed by atoms with E-state index in [-0.39, 0.29) is 57.4 Å². The number of carbonyl (C=O) groups is 3. The summed E-state index contributed by atoms with van der Waals surface area (Å²) in [5, 5.41) is 13.0. The fraction of sp³-hybridized carbons (Fsp3) is 0.729. The molecule has 2 N–H and O–H groups in total. The zero-order valence-corrected chi connectivity index (χ0v) is 37.8. The van der Waals surface area contributed by atoms with Crippen LogP contribution in [0, 0.1) is 57.7 Å². The molecule has 5 aliphatic rings. The number of hydrogen-bond acceptors (Lipinski definition) is 8. The average molecular weight is 815 g/mol. The van der Waals surface area contributed by atoms with Crippen LogP contribution in [0.5, 0.6) is 5.88 Å². The van der Waals surface area contributed by atoms with E-state index in [9.17, 15) is 24.3 Å². The summed E-state index contributed by atoms with van der Waals surface area (Å²) >= 11 is 0. The van der Waals surface area contributed by atoms with Gasteiger partial charge in [-0.25, -0.2) is 9.67 Å². The number of methoxy groups -OCH3 is 1. The summed E-state index contributed by atoms with van der Waals surface area (Å²) in [5.74, 6) is 0.328. The summed E-state index contributed by atoms with van der Waals surface area (Å²) < 4.78 is 15.5. The second-order valence-corrected chi connectivity index (χ2v) is 21.4. The number of Topliss-reactive ketones (excluding diaryl/α,β-unsaturated/α-hetero) is 1. The highest BCUT2D eigenvalue weighted by Crippen LogP contribution is 2.77. The minimum Gasteiger partial charge on any atom is -0.481 e. The number of esters is 1. The Morgan fingerprint density at radius 2 is 1.69 bits per heavy atom. The van der Waals surface area contributed by atoms with Gasteiger partial charge in [0.2, 0.25) is 5.88 Å². The summed E-state index contributed by atoms with van der Waals surface area (Å²) in [6, 6.07) is 3.67. The number of carboxylic acid groups (broad SMARTS) is 1. The molecule has 0 unspecified atom stereocenters. The van der Waals surface area contributed by atoms with Crippen LogP contribution in [0.4, 0.5) is 0 Å². The zero-order valence-electron chi connectivity index (χ0n) is 37.8. The van der Waals surface area contributed by atoms with Crippen molar-refractivity contribution in [3.05, 3.63) is 51.1 Å². The van der Waals surface area contributed by atoms with Gasteiger partial charge in [0.05, 0.1) is 43.1 Å². The van der Waals surface area contributed by atoms with E-state index in [4.69, 9.17) is 9.47 Å². The molecule has 0 amide bonds. The van der Waals surface area contributed by atoms with Crippen LogP contribution in [0.15, 0.2) is 34.3 Å². The standard InChI is InChI=1S/C48H70N4O7/c1-28(2)38-32(53)25-48(40-29(3)41(55)52(51(40)24-23-49-11)30-13-16-36(58-12)50-27-30)22-21-46(9)31(39(38)48)14-15-34-45(8)19-18-35(59-37(54)26-43(4,5)42(56)57)44(6,7)33(45)17-20-47(34,46)10/h13,16,27-28,31,33-35,49H,14-15,17-26H2,1-12H3,(H,56,57)/t31-,33+,34-,35+,45+,46-,47-,48-/m1/s1. The number of aromatic nitrogens is 3. The van der Waals surface area contributed by atoms with Crippen molar-refractivity contribution in [2.24, 2.45) is 50.7 Å². The fourth-order valence-corrected chi connectivity index (χ4v) is 14.3. The predicted octanol–water partition coefficient (Wildman–Crippen LogP) is 8.22. The third-order valence-corrected chi connectivity index (χ3v) is 17.4. The molecule has 2 aromatic heterocycles. The summed E-state index contributed by atoms with van der Waals surface area (Å²) in [5.41, 5.74) is 2.50. The van der Waals surface area contributed by atoms with Crippen LogP contribution in [-0.4, -0.2) is 64.0 Å². The van der Waals surface area contributed by atoms with Gasteiger partial charge < -0.3 is 19.9 Å². The Labute approximate surface area is 351 Å². The van der Waals surface area contributed by atoms with Crippen molar-refractivity contribution in [1.82, 2.24) is 19.7 Å². The van der Waals surface area contributed by atoms with Crippen LogP contribution in [0.3, 0.4) is 0 Å². The molecule has 8 atom stereocenters. The number of pyridine rings is 1. The summed E-state index contributed by atoms with van der Waals surface area (Å²) in [6.45, 7) is 22.9. The Morgan fingerprint density at radius 1 is 0.983 bits per heavy atom. The first kappa shape index (κ1) is 43.4. The van der Waals surface area contributed by atoms with Crippen molar-refractivity contribution in [3.8, 4) is 11.6 Å². The number of allylic oxidation sites excluding steroid dienone is 2. The van der Waals surface area contributed by atoms with Crippen LogP contribution < -0.4 is 15.6 Å². The average Bonchev–Trinajstić information content (AvgIpc) is 3.61. The van der Waals surface area contributed by atoms with E-state index in [1.807, 2.05) is 20.0 Å². The van der Waals surface area contributed by atoms with E-state index in [0.29, 0.717) is 48.5 Å². The first-order valence-corrected chi connectivity index (χ1v) is 22.2. The van der Waals surface area contributed by atoms with Crippen LogP contribution >= 0.6 is 0 Å². The molecule has 59 heavy (non-hydrogen) atoms. The molecule has 0 radical (unpaired) electrons. The summed E-state index contributed by atoms with van der Waals surface area (Å²) in [6.07, 6.45) is 9.29. The van der Waals surface area contributed by atoms with Gasteiger partial charge >= 0.3 is 11.9 Å². The number of ketones is 1. The molecule has 11 nitrogen and oxygen atoms in total. The number of rotatable bonds is 11. The number of ether oxygens (including phenoxy) is 2. The molecule has 11 heteroatoms. The number of nitrogens with one attached hydrogen (secondary N) is 1. The number of nitrogens with zero attached hydrogens (tertiary/aromatic N) is 3. The largest absolute Gasteiger partial charge is 0.481 e. The van der Waals surface area contributed by atoms with Gasteiger partial charge in [0.15, 0.2) is 5.78 Å². The molecular formula is C48H70N4O7. The molecule has 2 heterocycles. The topological polar surface area (TPSA) is 142 Å². The maximum absolute atomic E-state index is 14.6. The molecule has 4 saturated carbocycles. The molecule has 7 rings (SSSR count). The SMILES string of the molecule is CNCCn1c([C@@]23CC[C@]4(C)[C@H](CC[C@@H]5[C@@]6(C)CC[C@H](OC(=O)CC(C)(C)C(=O)O)C(C)(C)[C@@H]6CC[C@]54C)C2=C(C(C)C)C(=O)C3)c(C)c(=O)n1-c1ccc(OC)nc1. The lowest BCUT2D eigenvalue weighted by Crippen LogP contribution is -2.66. The number of likely N-dealkylation sites (N-methyl/N-ethyl adjacent to an activating group) is 1. The van der Waals surface area contributed by atoms with Crippen molar-refractivity contribution in [3.63, 3.8) is 0 Å². The third-order valence-electron chi connectivity index (χ3n) is 17.4. The Kier molecular flexibility index (Phi) is 10.8. The van der Waals surface area contributed by atoms with Gasteiger partial charge in [-0.2, -0.15) is 0 Å². The molecule has 0 saturated heterocycles. The highest BCUT2D eigenvalue weighted by Gasteiger charge is 2.71. The second-order valence-electron chi connectivity index (χ2n) is 21.4. The van der Waals surface area contributed by atoms with Gasteiger partial charge in [0.25, 0.3) is 5.56 Å². The lowest BCUT2D eigenvalue weighted by molar-refractivity contribution is -0.232. The minimum absolute atomic E-state index is 0.000691. The maximum atomic E-state index is 14.6. The van der Waals surface area contributed by atoms with Crippen LogP contribution in [-0.2, 0) is 31.1 Å². The van der Waals surface area contributed by atoms with E-state index >= 15 is 0 Å². The van der Waals surface area contributed by atoms with Crippen molar-refractivity contribution in [2.45, 2.75) is 152 Å². The maximum Gasteiger partial charge on any atom is 0.309 e. The van der Waals surface area contributed by atoms with Gasteiger partial charge in [-0.3, -0.25) is 23.9 Å². The first-order chi connectivity index (χ1) is 27.6. The number of aliphatic carboxylic acids is 1. The van der Waals surface area contributed by atoms with Crippen LogP contribution in [0.2, 0.25) is 0 Å². The lowest BCUT2D eigenvalue weighted by atomic mass is 9.33. The van der Waals surface area contributed by atoms with Crippen LogP contribution in [0.25, 0.3) is 5.69 Å². The molecule has 0 spiro atoms. The van der Waals surface area contributed by atoms with Crippen LogP contribution in [0.1, 0.15) is 138 Å². The Morgan fingerprint density at radius 3 is 2.31 bits per heavy atom. The van der Waals surface area contributed by atoms with Gasteiger partial charge in [-0.15, -0.1) is 0 Å². The number of hydrogen-bond donors (Lipinski definition) is 2. The van der Waals surface area contributed by atoms with Gasteiger partial charge in [-0.1, -0.05) is 48.5 Å². The van der Waals surface area contributed by atoms with E-state index < -0.39 is 22.8 Å². The molecule has 0 aromatic carbocycles. The predicted molar refractivity (Wildman–Crippen MR) is 228 cm³/mol. The monoisotopic (exact) mass is 815 g/mol. The van der Waals surface area contributed by atoms with Crippen molar-refractivity contribution in [2.75, 3.05) is 20.7 Å². The second kappa shape index (κ2) is 14.7. The molecule has 0 bridgehead atoms. The minimum atomic E-state index is -1.18. The number of carbonyl (C=O) groups excluding carboxylic acids is 2. The normalized spacial score (nSPS) is 33.9. The molecular weight excluding hydrogens is 745 g/mol. The fourth-order valence-electron chi connectivity index (χ4n) is 14.3. The van der Waals surface area contributed by atoms with Crippen molar-refractivity contribution < 1.29 is 29.0 Å². The molecule has 0 aliphatic heterocycles. The number of carboxylic acids is 1. The summed E-state index contributed by atoms with van der Waals surface area (Å²) in [4.78, 5) is 58.7. The quantitative estimate of drug-likeness (QED) is 0.215.